The van der Waals surface area contributed by atoms with E-state index in [9.17, 15) is 13.6 Å². The first kappa shape index (κ1) is 22.4. The lowest BCUT2D eigenvalue weighted by molar-refractivity contribution is 0.317. The molecule has 0 radical (unpaired) electrons. The average Bonchev–Trinajstić information content (AvgIpc) is 2.86. The van der Waals surface area contributed by atoms with Gasteiger partial charge in [-0.15, -0.1) is 0 Å². The molecule has 0 bridgehead atoms. The van der Waals surface area contributed by atoms with Gasteiger partial charge < -0.3 is 5.21 Å². The lowest BCUT2D eigenvalue weighted by atomic mass is 9.85. The Balaban J connectivity index is 1.69. The topological polar surface area (TPSA) is 79.6 Å². The van der Waals surface area contributed by atoms with Crippen molar-refractivity contribution in [1.82, 2.24) is 4.98 Å². The first-order chi connectivity index (χ1) is 16.0. The minimum Gasteiger partial charge on any atom is -0.411 e. The summed E-state index contributed by atoms with van der Waals surface area (Å²) >= 11 is 0. The summed E-state index contributed by atoms with van der Waals surface area (Å²) < 4.78 is 23.9. The second-order valence-electron chi connectivity index (χ2n) is 7.87. The molecular weight excluding hydrogens is 432 g/mol. The third-order valence-electron chi connectivity index (χ3n) is 5.64. The highest BCUT2D eigenvalue weighted by Gasteiger charge is 2.19. The zero-order valence-electron chi connectivity index (χ0n) is 18.2. The molecule has 0 aliphatic rings. The van der Waals surface area contributed by atoms with Crippen LogP contribution in [-0.4, -0.2) is 30.6 Å². The van der Waals surface area contributed by atoms with Crippen molar-refractivity contribution in [3.05, 3.63) is 120 Å². The van der Waals surface area contributed by atoms with Gasteiger partial charge in [-0.25, -0.2) is 8.42 Å². The van der Waals surface area contributed by atoms with E-state index < -0.39 is 9.84 Å². The second kappa shape index (κ2) is 9.79. The fraction of sp³-hybridized carbons (Fsp3) is 0.111. The highest BCUT2D eigenvalue weighted by molar-refractivity contribution is 7.90. The van der Waals surface area contributed by atoms with Crippen LogP contribution in [0, 0.1) is 0 Å². The summed E-state index contributed by atoms with van der Waals surface area (Å²) in [5, 5.41) is 13.3. The number of oxime groups is 1. The number of nitrogens with zero attached hydrogens (tertiary/aromatic N) is 2. The molecule has 1 heterocycles. The zero-order chi connectivity index (χ0) is 23.3. The summed E-state index contributed by atoms with van der Waals surface area (Å²) in [5.74, 6) is -0.0262. The van der Waals surface area contributed by atoms with Crippen molar-refractivity contribution in [3.8, 4) is 11.1 Å². The van der Waals surface area contributed by atoms with Gasteiger partial charge in [0.05, 0.1) is 10.6 Å². The van der Waals surface area contributed by atoms with Crippen LogP contribution in [0.1, 0.15) is 29.0 Å². The molecule has 6 heteroatoms. The molecule has 0 fully saturated rings. The number of benzene rings is 3. The van der Waals surface area contributed by atoms with Crippen molar-refractivity contribution in [2.24, 2.45) is 5.16 Å². The van der Waals surface area contributed by atoms with Crippen molar-refractivity contribution < 1.29 is 13.6 Å². The van der Waals surface area contributed by atoms with Crippen LogP contribution in [0.3, 0.4) is 0 Å². The van der Waals surface area contributed by atoms with E-state index in [0.717, 1.165) is 27.8 Å². The van der Waals surface area contributed by atoms with E-state index in [-0.39, 0.29) is 5.92 Å². The molecule has 1 unspecified atom stereocenters. The first-order valence-corrected chi connectivity index (χ1v) is 12.4. The summed E-state index contributed by atoms with van der Waals surface area (Å²) in [6, 6.07) is 28.8. The molecule has 0 aliphatic heterocycles. The summed E-state index contributed by atoms with van der Waals surface area (Å²) in [5.41, 5.74) is 5.36. The van der Waals surface area contributed by atoms with Gasteiger partial charge in [0, 0.05) is 36.6 Å². The summed E-state index contributed by atoms with van der Waals surface area (Å²) in [6.07, 6.45) is 5.07. The van der Waals surface area contributed by atoms with Gasteiger partial charge in [-0.1, -0.05) is 71.9 Å². The molecule has 0 saturated carbocycles. The molecule has 4 rings (SSSR count). The van der Waals surface area contributed by atoms with E-state index in [0.29, 0.717) is 17.0 Å². The molecule has 0 spiro atoms. The van der Waals surface area contributed by atoms with Crippen LogP contribution in [-0.2, 0) is 9.84 Å². The van der Waals surface area contributed by atoms with E-state index in [1.165, 1.54) is 6.26 Å². The molecule has 0 amide bonds. The normalized spacial score (nSPS) is 12.9. The van der Waals surface area contributed by atoms with Gasteiger partial charge in [0.2, 0.25) is 0 Å². The van der Waals surface area contributed by atoms with E-state index in [1.54, 1.807) is 30.6 Å². The number of aromatic nitrogens is 1. The molecule has 4 aromatic rings. The smallest absolute Gasteiger partial charge is 0.175 e. The molecule has 5 nitrogen and oxygen atoms in total. The van der Waals surface area contributed by atoms with E-state index in [2.05, 4.69) is 22.3 Å². The minimum atomic E-state index is -3.28. The predicted octanol–water partition coefficient (Wildman–Crippen LogP) is 5.55. The van der Waals surface area contributed by atoms with Crippen LogP contribution in [0.5, 0.6) is 0 Å². The number of hydrogen-bond acceptors (Lipinski definition) is 5. The average molecular weight is 457 g/mol. The summed E-state index contributed by atoms with van der Waals surface area (Å²) in [7, 11) is -3.28. The van der Waals surface area contributed by atoms with Crippen molar-refractivity contribution in [1.29, 1.82) is 0 Å². The minimum absolute atomic E-state index is 0.0262. The van der Waals surface area contributed by atoms with Crippen LogP contribution < -0.4 is 0 Å². The van der Waals surface area contributed by atoms with Crippen molar-refractivity contribution >= 4 is 15.5 Å². The maximum atomic E-state index is 11.9. The van der Waals surface area contributed by atoms with Crippen LogP contribution in [0.2, 0.25) is 0 Å². The third-order valence-corrected chi connectivity index (χ3v) is 6.75. The first-order valence-electron chi connectivity index (χ1n) is 10.5. The maximum Gasteiger partial charge on any atom is 0.175 e. The Kier molecular flexibility index (Phi) is 6.66. The Bertz CT molecular complexity index is 1350. The Morgan fingerprint density at radius 2 is 1.52 bits per heavy atom. The molecule has 0 aliphatic carbocycles. The second-order valence-corrected chi connectivity index (χ2v) is 9.89. The van der Waals surface area contributed by atoms with E-state index >= 15 is 0 Å². The molecular formula is C27H24N2O3S. The van der Waals surface area contributed by atoms with Gasteiger partial charge in [-0.3, -0.25) is 4.98 Å². The number of hydrogen-bond donors (Lipinski definition) is 1. The van der Waals surface area contributed by atoms with Gasteiger partial charge in [0.15, 0.2) is 9.84 Å². The lowest BCUT2D eigenvalue weighted by Gasteiger charge is -2.19. The molecule has 1 N–H and O–H groups in total. The third kappa shape index (κ3) is 5.35. The Morgan fingerprint density at radius 1 is 0.848 bits per heavy atom. The zero-order valence-corrected chi connectivity index (χ0v) is 19.0. The maximum absolute atomic E-state index is 11.9. The summed E-state index contributed by atoms with van der Waals surface area (Å²) in [6.45, 7) is 0. The van der Waals surface area contributed by atoms with Crippen molar-refractivity contribution in [2.45, 2.75) is 17.2 Å². The van der Waals surface area contributed by atoms with Crippen LogP contribution in [0.25, 0.3) is 11.1 Å². The summed E-state index contributed by atoms with van der Waals surface area (Å²) in [4.78, 5) is 4.34. The van der Waals surface area contributed by atoms with Gasteiger partial charge in [0.25, 0.3) is 0 Å². The van der Waals surface area contributed by atoms with Crippen molar-refractivity contribution in [2.75, 3.05) is 6.26 Å². The van der Waals surface area contributed by atoms with Gasteiger partial charge in [0.1, 0.15) is 0 Å². The Labute approximate surface area is 194 Å². The largest absolute Gasteiger partial charge is 0.411 e. The Morgan fingerprint density at radius 3 is 2.15 bits per heavy atom. The fourth-order valence-corrected chi connectivity index (χ4v) is 4.55. The fourth-order valence-electron chi connectivity index (χ4n) is 3.88. The van der Waals surface area contributed by atoms with Gasteiger partial charge >= 0.3 is 0 Å². The van der Waals surface area contributed by atoms with Crippen LogP contribution in [0.4, 0.5) is 0 Å². The van der Waals surface area contributed by atoms with Gasteiger partial charge in [-0.2, -0.15) is 0 Å². The highest BCUT2D eigenvalue weighted by atomic mass is 32.2. The molecule has 1 atom stereocenters. The molecule has 0 saturated heterocycles. The number of pyridine rings is 1. The molecule has 33 heavy (non-hydrogen) atoms. The van der Waals surface area contributed by atoms with Crippen LogP contribution >= 0.6 is 0 Å². The molecule has 166 valence electrons. The molecule has 3 aromatic carbocycles. The van der Waals surface area contributed by atoms with Gasteiger partial charge in [-0.05, 0) is 46.5 Å². The highest BCUT2D eigenvalue weighted by Crippen LogP contribution is 2.32. The number of rotatable bonds is 7. The predicted molar refractivity (Wildman–Crippen MR) is 130 cm³/mol. The van der Waals surface area contributed by atoms with E-state index in [1.807, 2.05) is 60.7 Å². The monoisotopic (exact) mass is 456 g/mol. The van der Waals surface area contributed by atoms with Crippen molar-refractivity contribution in [3.63, 3.8) is 0 Å². The number of sulfone groups is 1. The molecule has 1 aromatic heterocycles. The van der Waals surface area contributed by atoms with E-state index in [4.69, 9.17) is 0 Å². The quantitative estimate of drug-likeness (QED) is 0.225. The van der Waals surface area contributed by atoms with Crippen LogP contribution in [0.15, 0.2) is 113 Å². The Hall–Kier alpha value is -3.77. The standard InChI is InChI=1S/C27H24N2O3S/c1-33(31,32)25-9-5-8-24(18-25)20-10-12-22(13-11-20)26(21-6-3-2-4-7-21)19-27(29-30)23-14-16-28-17-15-23/h2-18,26,30H,19H2,1H3. The SMILES string of the molecule is CS(=O)(=O)c1cccc(-c2ccc(C(CC(=NO)c3ccncc3)c3ccccc3)cc2)c1. The lowest BCUT2D eigenvalue weighted by Crippen LogP contribution is -2.10.